The second-order valence-electron chi connectivity index (χ2n) is 6.97. The van der Waals surface area contributed by atoms with Crippen LogP contribution in [0.25, 0.3) is 6.08 Å². The van der Waals surface area contributed by atoms with Gasteiger partial charge in [-0.1, -0.05) is 66.7 Å². The van der Waals surface area contributed by atoms with Gasteiger partial charge in [-0.2, -0.15) is 0 Å². The highest BCUT2D eigenvalue weighted by Crippen LogP contribution is 2.34. The van der Waals surface area contributed by atoms with Crippen LogP contribution in [0, 0.1) is 5.82 Å². The number of rotatable bonds is 7. The summed E-state index contributed by atoms with van der Waals surface area (Å²) in [5.74, 6) is -0.770. The Hall–Kier alpha value is -3.71. The second-order valence-corrected chi connectivity index (χ2v) is 7.97. The molecule has 0 unspecified atom stereocenters. The van der Waals surface area contributed by atoms with Crippen molar-refractivity contribution in [2.75, 3.05) is 6.54 Å². The van der Waals surface area contributed by atoms with E-state index in [0.29, 0.717) is 22.4 Å². The maximum atomic E-state index is 13.9. The predicted octanol–water partition coefficient (Wildman–Crippen LogP) is 5.32. The molecule has 5 nitrogen and oxygen atoms in total. The first-order valence-electron chi connectivity index (χ1n) is 9.82. The Kier molecular flexibility index (Phi) is 6.47. The molecule has 160 valence electrons. The van der Waals surface area contributed by atoms with Crippen LogP contribution in [-0.4, -0.2) is 28.4 Å². The van der Waals surface area contributed by atoms with Crippen molar-refractivity contribution in [3.63, 3.8) is 0 Å². The quantitative estimate of drug-likeness (QED) is 0.362. The van der Waals surface area contributed by atoms with Crippen molar-refractivity contribution in [1.82, 2.24) is 4.90 Å². The maximum Gasteiger partial charge on any atom is 0.293 e. The standard InChI is InChI=1S/C25H18FNO4S/c26-20-12-6-4-11-19(20)16-31-22-13-7-5-10-18(22)14-23-24(29)27(25(30)32-23)15-21(28)17-8-2-1-3-9-17/h1-14H,15-16H2/b23-14+. The lowest BCUT2D eigenvalue weighted by Crippen LogP contribution is -2.33. The van der Waals surface area contributed by atoms with Gasteiger partial charge in [-0.25, -0.2) is 4.39 Å². The molecule has 2 amide bonds. The molecule has 1 aliphatic heterocycles. The molecule has 0 N–H and O–H groups in total. The van der Waals surface area contributed by atoms with E-state index in [1.165, 1.54) is 6.07 Å². The van der Waals surface area contributed by atoms with Crippen LogP contribution in [0.1, 0.15) is 21.5 Å². The Morgan fingerprint density at radius 3 is 2.41 bits per heavy atom. The Morgan fingerprint density at radius 2 is 1.62 bits per heavy atom. The van der Waals surface area contributed by atoms with Crippen molar-refractivity contribution in [2.45, 2.75) is 6.61 Å². The topological polar surface area (TPSA) is 63.7 Å². The molecule has 3 aromatic carbocycles. The average Bonchev–Trinajstić information content (AvgIpc) is 3.07. The minimum absolute atomic E-state index is 0.0184. The van der Waals surface area contributed by atoms with E-state index in [4.69, 9.17) is 4.74 Å². The van der Waals surface area contributed by atoms with Crippen LogP contribution in [0.3, 0.4) is 0 Å². The summed E-state index contributed by atoms with van der Waals surface area (Å²) in [5.41, 5.74) is 1.41. The summed E-state index contributed by atoms with van der Waals surface area (Å²) in [6, 6.07) is 21.8. The first kappa shape index (κ1) is 21.5. The zero-order chi connectivity index (χ0) is 22.5. The Balaban J connectivity index is 1.50. The lowest BCUT2D eigenvalue weighted by Gasteiger charge is -2.12. The van der Waals surface area contributed by atoms with E-state index in [1.807, 2.05) is 0 Å². The van der Waals surface area contributed by atoms with Gasteiger partial charge in [0, 0.05) is 16.7 Å². The van der Waals surface area contributed by atoms with Crippen molar-refractivity contribution in [1.29, 1.82) is 0 Å². The highest BCUT2D eigenvalue weighted by atomic mass is 32.2. The van der Waals surface area contributed by atoms with Crippen molar-refractivity contribution >= 4 is 34.8 Å². The molecule has 1 saturated heterocycles. The molecule has 7 heteroatoms. The maximum absolute atomic E-state index is 13.9. The van der Waals surface area contributed by atoms with Gasteiger partial charge in [0.25, 0.3) is 11.1 Å². The van der Waals surface area contributed by atoms with E-state index >= 15 is 0 Å². The van der Waals surface area contributed by atoms with Gasteiger partial charge in [-0.05, 0) is 30.0 Å². The predicted molar refractivity (Wildman–Crippen MR) is 121 cm³/mol. The number of benzene rings is 3. The number of ketones is 1. The Morgan fingerprint density at radius 1 is 0.938 bits per heavy atom. The fourth-order valence-corrected chi connectivity index (χ4v) is 3.97. The van der Waals surface area contributed by atoms with E-state index in [1.54, 1.807) is 78.9 Å². The van der Waals surface area contributed by atoms with Gasteiger partial charge < -0.3 is 4.74 Å². The van der Waals surface area contributed by atoms with Crippen LogP contribution >= 0.6 is 11.8 Å². The number of amides is 2. The second kappa shape index (κ2) is 9.62. The molecular weight excluding hydrogens is 429 g/mol. The molecule has 0 aliphatic carbocycles. The third kappa shape index (κ3) is 4.78. The molecule has 0 radical (unpaired) electrons. The van der Waals surface area contributed by atoms with E-state index < -0.39 is 11.1 Å². The SMILES string of the molecule is O=C(CN1C(=O)S/C(=C/c2ccccc2OCc2ccccc2F)C1=O)c1ccccc1. The van der Waals surface area contributed by atoms with Gasteiger partial charge >= 0.3 is 0 Å². The van der Waals surface area contributed by atoms with Crippen molar-refractivity contribution < 1.29 is 23.5 Å². The number of ether oxygens (including phenoxy) is 1. The highest BCUT2D eigenvalue weighted by molar-refractivity contribution is 8.18. The number of halogens is 1. The lowest BCUT2D eigenvalue weighted by molar-refractivity contribution is -0.122. The number of carbonyl (C=O) groups is 3. The summed E-state index contributed by atoms with van der Waals surface area (Å²) in [7, 11) is 0. The number of para-hydroxylation sites is 1. The minimum atomic E-state index is -0.534. The fourth-order valence-electron chi connectivity index (χ4n) is 3.14. The van der Waals surface area contributed by atoms with Gasteiger partial charge in [0.1, 0.15) is 18.2 Å². The molecule has 4 rings (SSSR count). The van der Waals surface area contributed by atoms with E-state index in [-0.39, 0.29) is 29.7 Å². The minimum Gasteiger partial charge on any atom is -0.488 e. The average molecular weight is 447 g/mol. The smallest absolute Gasteiger partial charge is 0.293 e. The van der Waals surface area contributed by atoms with Crippen LogP contribution in [0.15, 0.2) is 83.8 Å². The zero-order valence-electron chi connectivity index (χ0n) is 16.9. The van der Waals surface area contributed by atoms with Gasteiger partial charge in [0.15, 0.2) is 5.78 Å². The van der Waals surface area contributed by atoms with E-state index in [9.17, 15) is 18.8 Å². The third-order valence-corrected chi connectivity index (χ3v) is 5.73. The number of nitrogens with zero attached hydrogens (tertiary/aromatic N) is 1. The largest absolute Gasteiger partial charge is 0.488 e. The Labute approximate surface area is 188 Å². The van der Waals surface area contributed by atoms with Gasteiger partial charge in [0.05, 0.1) is 11.4 Å². The first-order valence-corrected chi connectivity index (χ1v) is 10.6. The molecule has 0 aromatic heterocycles. The van der Waals surface area contributed by atoms with Crippen LogP contribution in [0.5, 0.6) is 5.75 Å². The van der Waals surface area contributed by atoms with E-state index in [2.05, 4.69) is 0 Å². The van der Waals surface area contributed by atoms with Crippen LogP contribution in [0.2, 0.25) is 0 Å². The lowest BCUT2D eigenvalue weighted by atomic mass is 10.1. The summed E-state index contributed by atoms with van der Waals surface area (Å²) < 4.78 is 19.6. The number of Topliss-reactive ketones (excluding diaryl/α,β-unsaturated/α-hetero) is 1. The first-order chi connectivity index (χ1) is 15.5. The molecule has 0 saturated carbocycles. The number of thioether (sulfide) groups is 1. The molecule has 0 spiro atoms. The Bertz CT molecular complexity index is 1210. The van der Waals surface area contributed by atoms with Gasteiger partial charge in [0.2, 0.25) is 0 Å². The van der Waals surface area contributed by atoms with Crippen LogP contribution < -0.4 is 4.74 Å². The fraction of sp³-hybridized carbons (Fsp3) is 0.0800. The highest BCUT2D eigenvalue weighted by Gasteiger charge is 2.36. The molecule has 32 heavy (non-hydrogen) atoms. The number of carbonyl (C=O) groups excluding carboxylic acids is 3. The molecular formula is C25H18FNO4S. The monoisotopic (exact) mass is 447 g/mol. The molecule has 1 aliphatic rings. The molecule has 0 bridgehead atoms. The van der Waals surface area contributed by atoms with Crippen molar-refractivity contribution in [3.05, 3.63) is 106 Å². The number of hydrogen-bond acceptors (Lipinski definition) is 5. The van der Waals surface area contributed by atoms with Crippen molar-refractivity contribution in [2.24, 2.45) is 0 Å². The van der Waals surface area contributed by atoms with Gasteiger partial charge in [-0.3, -0.25) is 19.3 Å². The number of imide groups is 1. The summed E-state index contributed by atoms with van der Waals surface area (Å²) in [5, 5.41) is -0.504. The molecule has 1 fully saturated rings. The molecule has 3 aromatic rings. The molecule has 1 heterocycles. The third-order valence-electron chi connectivity index (χ3n) is 4.82. The van der Waals surface area contributed by atoms with Gasteiger partial charge in [-0.15, -0.1) is 0 Å². The normalized spacial score (nSPS) is 14.8. The van der Waals surface area contributed by atoms with Crippen molar-refractivity contribution in [3.8, 4) is 5.75 Å². The summed E-state index contributed by atoms with van der Waals surface area (Å²) in [6.07, 6.45) is 1.55. The summed E-state index contributed by atoms with van der Waals surface area (Å²) in [4.78, 5) is 38.7. The zero-order valence-corrected chi connectivity index (χ0v) is 17.7. The molecule has 0 atom stereocenters. The van der Waals surface area contributed by atoms with Crippen LogP contribution in [0.4, 0.5) is 9.18 Å². The number of hydrogen-bond donors (Lipinski definition) is 0. The van der Waals surface area contributed by atoms with Crippen LogP contribution in [-0.2, 0) is 11.4 Å². The van der Waals surface area contributed by atoms with E-state index in [0.717, 1.165) is 16.7 Å². The summed E-state index contributed by atoms with van der Waals surface area (Å²) >= 11 is 0.770. The summed E-state index contributed by atoms with van der Waals surface area (Å²) in [6.45, 7) is -0.304.